The molecular weight excluding hydrogens is 578 g/mol. The van der Waals surface area contributed by atoms with Gasteiger partial charge >= 0.3 is 11.8 Å². The van der Waals surface area contributed by atoms with E-state index in [0.29, 0.717) is 56.9 Å². The number of carbonyl (C=O) groups excluding carboxylic acids is 2. The lowest BCUT2D eigenvalue weighted by molar-refractivity contribution is -0.133. The van der Waals surface area contributed by atoms with Crippen molar-refractivity contribution >= 4 is 23.1 Å². The summed E-state index contributed by atoms with van der Waals surface area (Å²) in [6, 6.07) is 14.6. The summed E-state index contributed by atoms with van der Waals surface area (Å²) in [6.07, 6.45) is -0.534. The normalized spacial score (nSPS) is 16.3. The van der Waals surface area contributed by atoms with Crippen LogP contribution in [0.4, 0.5) is 4.79 Å². The van der Waals surface area contributed by atoms with Gasteiger partial charge in [0.25, 0.3) is 5.91 Å². The molecule has 0 radical (unpaired) electrons. The lowest BCUT2D eigenvalue weighted by Gasteiger charge is -2.27. The Labute approximate surface area is 263 Å². The molecular formula is C33H43N5O7. The van der Waals surface area contributed by atoms with E-state index in [9.17, 15) is 19.6 Å². The van der Waals surface area contributed by atoms with Crippen LogP contribution in [0.1, 0.15) is 32.8 Å². The maximum atomic E-state index is 13.1. The van der Waals surface area contributed by atoms with E-state index in [-0.39, 0.29) is 6.54 Å². The molecule has 45 heavy (non-hydrogen) atoms. The molecule has 2 amide bonds. The minimum absolute atomic E-state index is 0.0475. The number of fused-ring (bicyclic) bond motifs is 1. The number of carbonyl (C=O) groups is 2. The fourth-order valence-corrected chi connectivity index (χ4v) is 4.90. The van der Waals surface area contributed by atoms with Crippen LogP contribution in [0.2, 0.25) is 0 Å². The van der Waals surface area contributed by atoms with Crippen molar-refractivity contribution in [3.8, 4) is 17.2 Å². The van der Waals surface area contributed by atoms with Gasteiger partial charge in [-0.1, -0.05) is 30.3 Å². The first kappa shape index (κ1) is 33.7. The highest BCUT2D eigenvalue weighted by Crippen LogP contribution is 2.25. The van der Waals surface area contributed by atoms with Crippen molar-refractivity contribution in [2.24, 2.45) is 0 Å². The number of nitrogens with zero attached hydrogens (tertiary/aromatic N) is 4. The Kier molecular flexibility index (Phi) is 11.4. The van der Waals surface area contributed by atoms with Crippen LogP contribution in [0.15, 0.2) is 51.7 Å². The highest BCUT2D eigenvalue weighted by Gasteiger charge is 2.31. The first-order chi connectivity index (χ1) is 21.4. The minimum Gasteiger partial charge on any atom is -0.444 e. The molecule has 2 aromatic carbocycles. The number of hydrogen-bond acceptors (Lipinski definition) is 9. The Morgan fingerprint density at radius 2 is 1.87 bits per heavy atom. The Bertz CT molecular complexity index is 1550. The van der Waals surface area contributed by atoms with Gasteiger partial charge in [0.05, 0.1) is 37.9 Å². The van der Waals surface area contributed by atoms with Gasteiger partial charge in [0.2, 0.25) is 0 Å². The summed E-state index contributed by atoms with van der Waals surface area (Å²) < 4.78 is 23.8. The van der Waals surface area contributed by atoms with Crippen LogP contribution in [0.25, 0.3) is 22.2 Å². The third-order valence-electron chi connectivity index (χ3n) is 7.23. The summed E-state index contributed by atoms with van der Waals surface area (Å²) in [7, 11) is 3.95. The van der Waals surface area contributed by atoms with E-state index >= 15 is 0 Å². The molecule has 0 saturated carbocycles. The number of nitrogens with one attached hydrogen (secondary N) is 1. The lowest BCUT2D eigenvalue weighted by atomic mass is 10.0. The first-order valence-electron chi connectivity index (χ1n) is 15.2. The number of benzene rings is 2. The zero-order valence-electron chi connectivity index (χ0n) is 26.7. The van der Waals surface area contributed by atoms with Crippen LogP contribution in [-0.2, 0) is 32.0 Å². The molecule has 1 aliphatic heterocycles. The molecule has 1 saturated heterocycles. The highest BCUT2D eigenvalue weighted by atomic mass is 16.6. The van der Waals surface area contributed by atoms with Crippen LogP contribution < -0.4 is 11.1 Å². The third kappa shape index (κ3) is 9.65. The Morgan fingerprint density at radius 3 is 2.56 bits per heavy atom. The fourth-order valence-electron chi connectivity index (χ4n) is 4.90. The van der Waals surface area contributed by atoms with E-state index in [0.717, 1.165) is 23.2 Å². The maximum Gasteiger partial charge on any atom is 0.420 e. The first-order valence-corrected chi connectivity index (χ1v) is 15.2. The number of hydrogen-bond donors (Lipinski definition) is 1. The standard InChI is InChI=1S/C33H43N5O7/c1-33(2,3)45-31(40)37-13-6-16-43-29(22-37)30(39)35-26(21-34)19-23-7-9-24(10-8-23)25-11-12-28-27(20-25)38(32(41)44-28)15-18-42-17-14-36(4)5/h7-12,20,26,29H,6,13-19,22H2,1-5H3,(H,35,39)/t26-,29-/m0/s1. The predicted molar refractivity (Wildman–Crippen MR) is 169 cm³/mol. The molecule has 12 nitrogen and oxygen atoms in total. The van der Waals surface area contributed by atoms with E-state index in [4.69, 9.17) is 18.6 Å². The van der Waals surface area contributed by atoms with E-state index in [1.165, 1.54) is 4.90 Å². The van der Waals surface area contributed by atoms with Gasteiger partial charge in [-0.3, -0.25) is 9.36 Å². The van der Waals surface area contributed by atoms with Crippen LogP contribution in [0, 0.1) is 11.3 Å². The minimum atomic E-state index is -0.905. The van der Waals surface area contributed by atoms with Gasteiger partial charge in [-0.25, -0.2) is 9.59 Å². The van der Waals surface area contributed by atoms with Crippen molar-refractivity contribution in [2.75, 3.05) is 53.6 Å². The molecule has 3 aromatic rings. The summed E-state index contributed by atoms with van der Waals surface area (Å²) in [5, 5.41) is 12.6. The van der Waals surface area contributed by atoms with Crippen molar-refractivity contribution in [3.05, 3.63) is 58.6 Å². The molecule has 1 fully saturated rings. The Balaban J connectivity index is 1.37. The van der Waals surface area contributed by atoms with Gasteiger partial charge in [0, 0.05) is 26.1 Å². The molecule has 2 atom stereocenters. The fraction of sp³-hybridized carbons (Fsp3) is 0.515. The molecule has 0 bridgehead atoms. The third-order valence-corrected chi connectivity index (χ3v) is 7.23. The number of aromatic nitrogens is 1. The largest absolute Gasteiger partial charge is 0.444 e. The second kappa shape index (κ2) is 15.2. The second-order valence-electron chi connectivity index (χ2n) is 12.3. The van der Waals surface area contributed by atoms with E-state index < -0.39 is 35.5 Å². The summed E-state index contributed by atoms with van der Waals surface area (Å²) in [5.41, 5.74) is 3.23. The lowest BCUT2D eigenvalue weighted by Crippen LogP contribution is -2.48. The van der Waals surface area contributed by atoms with Gasteiger partial charge in [0.15, 0.2) is 11.7 Å². The molecule has 242 valence electrons. The Morgan fingerprint density at radius 1 is 1.13 bits per heavy atom. The zero-order chi connectivity index (χ0) is 32.6. The van der Waals surface area contributed by atoms with Gasteiger partial charge in [-0.05, 0) is 70.1 Å². The van der Waals surface area contributed by atoms with Crippen molar-refractivity contribution in [1.29, 1.82) is 5.26 Å². The van der Waals surface area contributed by atoms with Crippen LogP contribution >= 0.6 is 0 Å². The molecule has 1 N–H and O–H groups in total. The molecule has 1 aromatic heterocycles. The van der Waals surface area contributed by atoms with Crippen molar-refractivity contribution in [3.63, 3.8) is 0 Å². The maximum absolute atomic E-state index is 13.1. The van der Waals surface area contributed by atoms with E-state index in [1.807, 2.05) is 55.4 Å². The summed E-state index contributed by atoms with van der Waals surface area (Å²) in [4.78, 5) is 41.6. The topological polar surface area (TPSA) is 139 Å². The van der Waals surface area contributed by atoms with Gasteiger partial charge in [-0.2, -0.15) is 5.26 Å². The summed E-state index contributed by atoms with van der Waals surface area (Å²) in [6.45, 7) is 8.30. The summed E-state index contributed by atoms with van der Waals surface area (Å²) in [5.74, 6) is -0.874. The quantitative estimate of drug-likeness (QED) is 0.319. The second-order valence-corrected chi connectivity index (χ2v) is 12.3. The van der Waals surface area contributed by atoms with Gasteiger partial charge in [-0.15, -0.1) is 0 Å². The van der Waals surface area contributed by atoms with Gasteiger partial charge in [0.1, 0.15) is 11.6 Å². The molecule has 0 aliphatic carbocycles. The molecule has 12 heteroatoms. The number of rotatable bonds is 11. The SMILES string of the molecule is CN(C)CCOCCn1c(=O)oc2ccc(-c3ccc(C[C@@H](C#N)NC(=O)[C@@H]4CN(C(=O)OC(C)(C)C)CCCO4)cc3)cc21. The molecule has 2 heterocycles. The van der Waals surface area contributed by atoms with Crippen LogP contribution in [0.5, 0.6) is 0 Å². The van der Waals surface area contributed by atoms with Crippen molar-refractivity contribution < 1.29 is 28.2 Å². The van der Waals surface area contributed by atoms with Crippen LogP contribution in [0.3, 0.4) is 0 Å². The number of oxazole rings is 1. The molecule has 1 aliphatic rings. The Hall–Kier alpha value is -4.18. The van der Waals surface area contributed by atoms with Crippen molar-refractivity contribution in [2.45, 2.75) is 57.9 Å². The molecule has 0 unspecified atom stereocenters. The number of ether oxygens (including phenoxy) is 3. The average Bonchev–Trinajstić information content (AvgIpc) is 3.13. The number of likely N-dealkylation sites (N-methyl/N-ethyl adjacent to an activating group) is 1. The zero-order valence-corrected chi connectivity index (χ0v) is 26.7. The smallest absolute Gasteiger partial charge is 0.420 e. The van der Waals surface area contributed by atoms with E-state index in [2.05, 4.69) is 11.4 Å². The number of nitriles is 1. The van der Waals surface area contributed by atoms with Crippen LogP contribution in [-0.4, -0.2) is 97.7 Å². The van der Waals surface area contributed by atoms with Crippen molar-refractivity contribution in [1.82, 2.24) is 19.7 Å². The molecule has 0 spiro atoms. The average molecular weight is 622 g/mol. The predicted octanol–water partition coefficient (Wildman–Crippen LogP) is 3.42. The number of amides is 2. The van der Waals surface area contributed by atoms with Gasteiger partial charge < -0.3 is 33.7 Å². The summed E-state index contributed by atoms with van der Waals surface area (Å²) >= 11 is 0. The highest BCUT2D eigenvalue weighted by molar-refractivity contribution is 5.83. The molecule has 4 rings (SSSR count). The monoisotopic (exact) mass is 621 g/mol. The van der Waals surface area contributed by atoms with E-state index in [1.54, 1.807) is 31.4 Å².